The molecule has 1 rings (SSSR count). The van der Waals surface area contributed by atoms with Crippen molar-refractivity contribution < 1.29 is 14.6 Å². The maximum atomic E-state index is 9.20. The highest BCUT2D eigenvalue weighted by Gasteiger charge is 2.16. The predicted molar refractivity (Wildman–Crippen MR) is 73.5 cm³/mol. The highest BCUT2D eigenvalue weighted by atomic mass is 16.5. The van der Waals surface area contributed by atoms with Crippen LogP contribution in [-0.4, -0.2) is 32.0 Å². The van der Waals surface area contributed by atoms with Crippen molar-refractivity contribution >= 4 is 5.69 Å². The number of rotatable bonds is 7. The molecule has 2 N–H and O–H groups in total. The topological polar surface area (TPSA) is 50.7 Å². The zero-order valence-electron chi connectivity index (χ0n) is 11.6. The first-order valence-corrected chi connectivity index (χ1v) is 6.18. The molecule has 0 aliphatic rings. The molecule has 1 aromatic rings. The second-order valence-corrected chi connectivity index (χ2v) is 4.97. The summed E-state index contributed by atoms with van der Waals surface area (Å²) in [6.07, 6.45) is 0. The van der Waals surface area contributed by atoms with Crippen LogP contribution in [0.2, 0.25) is 0 Å². The number of benzene rings is 1. The van der Waals surface area contributed by atoms with E-state index in [0.717, 1.165) is 11.4 Å². The Labute approximate surface area is 109 Å². The highest BCUT2D eigenvalue weighted by Crippen LogP contribution is 2.30. The lowest BCUT2D eigenvalue weighted by Crippen LogP contribution is -2.26. The number of nitrogens with one attached hydrogen (secondary N) is 1. The molecule has 0 spiro atoms. The highest BCUT2D eigenvalue weighted by molar-refractivity contribution is 5.54. The smallest absolute Gasteiger partial charge is 0.162 e. The second kappa shape index (κ2) is 6.50. The molecule has 0 aliphatic carbocycles. The average Bonchev–Trinajstić information content (AvgIpc) is 2.38. The summed E-state index contributed by atoms with van der Waals surface area (Å²) in [6, 6.07) is 5.73. The number of aliphatic hydroxyl groups excluding tert-OH is 1. The van der Waals surface area contributed by atoms with E-state index in [2.05, 4.69) is 5.32 Å². The molecule has 0 saturated heterocycles. The fourth-order valence-corrected chi connectivity index (χ4v) is 1.45. The molecule has 0 unspecified atom stereocenters. The van der Waals surface area contributed by atoms with E-state index in [1.54, 1.807) is 7.11 Å². The van der Waals surface area contributed by atoms with E-state index in [9.17, 15) is 5.11 Å². The normalized spacial score (nSPS) is 11.2. The van der Waals surface area contributed by atoms with Crippen LogP contribution >= 0.6 is 0 Å². The first kappa shape index (κ1) is 14.6. The third-order valence-corrected chi connectivity index (χ3v) is 2.66. The van der Waals surface area contributed by atoms with Crippen molar-refractivity contribution in [2.24, 2.45) is 5.41 Å². The fourth-order valence-electron chi connectivity index (χ4n) is 1.45. The molecule has 4 heteroatoms. The summed E-state index contributed by atoms with van der Waals surface area (Å²) in [6.45, 7) is 7.41. The van der Waals surface area contributed by atoms with Gasteiger partial charge in [0, 0.05) is 30.3 Å². The minimum atomic E-state index is -0.147. The molecule has 102 valence electrons. The van der Waals surface area contributed by atoms with Gasteiger partial charge in [-0.15, -0.1) is 0 Å². The van der Waals surface area contributed by atoms with Crippen LogP contribution in [0.4, 0.5) is 5.69 Å². The van der Waals surface area contributed by atoms with Crippen LogP contribution in [0.1, 0.15) is 20.8 Å². The molecule has 0 aliphatic heterocycles. The van der Waals surface area contributed by atoms with Gasteiger partial charge in [-0.3, -0.25) is 0 Å². The van der Waals surface area contributed by atoms with E-state index in [-0.39, 0.29) is 12.0 Å². The Bertz CT molecular complexity index is 377. The molecule has 1 aromatic carbocycles. The van der Waals surface area contributed by atoms with Crippen LogP contribution in [0, 0.1) is 5.41 Å². The zero-order chi connectivity index (χ0) is 13.6. The van der Waals surface area contributed by atoms with Crippen LogP contribution in [-0.2, 0) is 0 Å². The quantitative estimate of drug-likeness (QED) is 0.784. The van der Waals surface area contributed by atoms with Crippen molar-refractivity contribution in [3.63, 3.8) is 0 Å². The molecule has 0 saturated carbocycles. The van der Waals surface area contributed by atoms with Crippen LogP contribution in [0.25, 0.3) is 0 Å². The van der Waals surface area contributed by atoms with Crippen LogP contribution in [0.5, 0.6) is 11.5 Å². The lowest BCUT2D eigenvalue weighted by Gasteiger charge is -2.23. The molecule has 0 atom stereocenters. The van der Waals surface area contributed by atoms with Gasteiger partial charge in [-0.2, -0.15) is 0 Å². The number of aliphatic hydroxyl groups is 1. The third-order valence-electron chi connectivity index (χ3n) is 2.66. The van der Waals surface area contributed by atoms with Gasteiger partial charge in [-0.25, -0.2) is 0 Å². The third kappa shape index (κ3) is 4.11. The molecule has 0 fully saturated rings. The van der Waals surface area contributed by atoms with Crippen molar-refractivity contribution in [1.29, 1.82) is 0 Å². The van der Waals surface area contributed by atoms with Gasteiger partial charge in [-0.1, -0.05) is 13.8 Å². The van der Waals surface area contributed by atoms with Crippen LogP contribution < -0.4 is 14.8 Å². The number of hydrogen-bond donors (Lipinski definition) is 2. The van der Waals surface area contributed by atoms with E-state index in [1.165, 1.54) is 0 Å². The number of anilines is 1. The monoisotopic (exact) mass is 253 g/mol. The Balaban J connectivity index is 2.73. The SMILES string of the molecule is CCOc1ccc(NCC(C)(C)CO)cc1OC. The summed E-state index contributed by atoms with van der Waals surface area (Å²) in [4.78, 5) is 0. The molecule has 0 aromatic heterocycles. The van der Waals surface area contributed by atoms with Crippen molar-refractivity contribution in [2.75, 3.05) is 32.2 Å². The molecule has 0 bridgehead atoms. The lowest BCUT2D eigenvalue weighted by atomic mass is 9.95. The van der Waals surface area contributed by atoms with E-state index in [1.807, 2.05) is 39.0 Å². The average molecular weight is 253 g/mol. The summed E-state index contributed by atoms with van der Waals surface area (Å²) in [5, 5.41) is 12.5. The van der Waals surface area contributed by atoms with Gasteiger partial charge < -0.3 is 19.9 Å². The Hall–Kier alpha value is -1.42. The van der Waals surface area contributed by atoms with Gasteiger partial charge in [0.25, 0.3) is 0 Å². The summed E-state index contributed by atoms with van der Waals surface area (Å²) in [5.74, 6) is 1.45. The molecular formula is C14H23NO3. The number of methoxy groups -OCH3 is 1. The van der Waals surface area contributed by atoms with E-state index >= 15 is 0 Å². The fraction of sp³-hybridized carbons (Fsp3) is 0.571. The largest absolute Gasteiger partial charge is 0.493 e. The Kier molecular flexibility index (Phi) is 5.28. The van der Waals surface area contributed by atoms with Gasteiger partial charge in [0.05, 0.1) is 13.7 Å². The Morgan fingerprint density at radius 3 is 2.56 bits per heavy atom. The van der Waals surface area contributed by atoms with E-state index in [4.69, 9.17) is 9.47 Å². The van der Waals surface area contributed by atoms with E-state index in [0.29, 0.717) is 18.9 Å². The van der Waals surface area contributed by atoms with Crippen molar-refractivity contribution in [1.82, 2.24) is 0 Å². The van der Waals surface area contributed by atoms with Gasteiger partial charge in [0.15, 0.2) is 11.5 Å². The first-order valence-electron chi connectivity index (χ1n) is 6.18. The van der Waals surface area contributed by atoms with E-state index < -0.39 is 0 Å². The molecular weight excluding hydrogens is 230 g/mol. The van der Waals surface area contributed by atoms with Gasteiger partial charge in [0.1, 0.15) is 0 Å². The summed E-state index contributed by atoms with van der Waals surface area (Å²) in [5.41, 5.74) is 0.808. The number of ether oxygens (including phenoxy) is 2. The lowest BCUT2D eigenvalue weighted by molar-refractivity contribution is 0.171. The Morgan fingerprint density at radius 2 is 2.00 bits per heavy atom. The minimum absolute atomic E-state index is 0.147. The maximum absolute atomic E-state index is 9.20. The van der Waals surface area contributed by atoms with Gasteiger partial charge in [0.2, 0.25) is 0 Å². The molecule has 0 heterocycles. The zero-order valence-corrected chi connectivity index (χ0v) is 11.6. The minimum Gasteiger partial charge on any atom is -0.493 e. The van der Waals surface area contributed by atoms with Crippen molar-refractivity contribution in [2.45, 2.75) is 20.8 Å². The first-order chi connectivity index (χ1) is 8.52. The summed E-state index contributed by atoms with van der Waals surface area (Å²) < 4.78 is 10.7. The molecule has 0 amide bonds. The van der Waals surface area contributed by atoms with Crippen molar-refractivity contribution in [3.8, 4) is 11.5 Å². The summed E-state index contributed by atoms with van der Waals surface area (Å²) >= 11 is 0. The summed E-state index contributed by atoms with van der Waals surface area (Å²) in [7, 11) is 1.62. The Morgan fingerprint density at radius 1 is 1.28 bits per heavy atom. The van der Waals surface area contributed by atoms with Crippen molar-refractivity contribution in [3.05, 3.63) is 18.2 Å². The molecule has 18 heavy (non-hydrogen) atoms. The van der Waals surface area contributed by atoms with Gasteiger partial charge >= 0.3 is 0 Å². The molecule has 4 nitrogen and oxygen atoms in total. The second-order valence-electron chi connectivity index (χ2n) is 4.97. The van der Waals surface area contributed by atoms with Gasteiger partial charge in [-0.05, 0) is 19.1 Å². The maximum Gasteiger partial charge on any atom is 0.162 e. The standard InChI is InChI=1S/C14H23NO3/c1-5-18-12-7-6-11(8-13(12)17-4)15-9-14(2,3)10-16/h6-8,15-16H,5,9-10H2,1-4H3. The van der Waals surface area contributed by atoms with Crippen LogP contribution in [0.15, 0.2) is 18.2 Å². The van der Waals surface area contributed by atoms with Crippen LogP contribution in [0.3, 0.4) is 0 Å². The number of hydrogen-bond acceptors (Lipinski definition) is 4. The molecule has 0 radical (unpaired) electrons. The predicted octanol–water partition coefficient (Wildman–Crippen LogP) is 2.52.